The highest BCUT2D eigenvalue weighted by molar-refractivity contribution is 14.2. The Morgan fingerprint density at radius 3 is 2.84 bits per heavy atom. The number of rotatable bonds is 8. The summed E-state index contributed by atoms with van der Waals surface area (Å²) in [5.41, 5.74) is 2.64. The summed E-state index contributed by atoms with van der Waals surface area (Å²) in [7, 11) is 0. The van der Waals surface area contributed by atoms with E-state index in [-0.39, 0.29) is 0 Å². The van der Waals surface area contributed by atoms with Crippen molar-refractivity contribution in [2.45, 2.75) is 6.42 Å². The average molecular weight is 658 g/mol. The zero-order valence-electron chi connectivity index (χ0n) is 19.5. The van der Waals surface area contributed by atoms with Gasteiger partial charge in [-0.1, -0.05) is 17.5 Å². The van der Waals surface area contributed by atoms with E-state index in [2.05, 4.69) is 64.6 Å². The number of fused-ring (bicyclic) bond motifs is 2. The quantitative estimate of drug-likeness (QED) is 0.0884. The second-order valence-corrected chi connectivity index (χ2v) is 9.85. The van der Waals surface area contributed by atoms with E-state index in [1.54, 1.807) is 53.2 Å². The summed E-state index contributed by atoms with van der Waals surface area (Å²) in [4.78, 5) is 25.1. The lowest BCUT2D eigenvalue weighted by molar-refractivity contribution is -0.111. The first-order valence-corrected chi connectivity index (χ1v) is 15.5. The van der Waals surface area contributed by atoms with E-state index in [1.165, 1.54) is 12.7 Å². The Morgan fingerprint density at radius 2 is 1.97 bits per heavy atom. The van der Waals surface area contributed by atoms with Crippen LogP contribution < -0.4 is 15.4 Å². The monoisotopic (exact) mass is 657 g/mol. The number of halogens is 2. The van der Waals surface area contributed by atoms with Gasteiger partial charge < -0.3 is 19.9 Å². The fourth-order valence-electron chi connectivity index (χ4n) is 3.46. The van der Waals surface area contributed by atoms with Crippen LogP contribution >= 0.6 is 40.1 Å². The number of hydrogen-bond donors (Lipinski definition) is 2. The molecule has 0 bridgehead atoms. The predicted molar refractivity (Wildman–Crippen MR) is 157 cm³/mol. The Hall–Kier alpha value is -3.56. The van der Waals surface area contributed by atoms with Gasteiger partial charge in [0.05, 0.1) is 23.6 Å². The average Bonchev–Trinajstić information content (AvgIpc) is 3.38. The van der Waals surface area contributed by atoms with Crippen LogP contribution in [0.2, 0.25) is 5.02 Å². The van der Waals surface area contributed by atoms with Gasteiger partial charge in [0.25, 0.3) is 5.91 Å². The first-order valence-electron chi connectivity index (χ1n) is 11.1. The van der Waals surface area contributed by atoms with Crippen LogP contribution in [0, 0.1) is 11.8 Å². The summed E-state index contributed by atoms with van der Waals surface area (Å²) in [5.74, 6) is 6.59. The summed E-state index contributed by atoms with van der Waals surface area (Å²) in [6.07, 6.45) is 5.19. The number of carbonyl (C=O) groups excluding carboxylic acids is 1. The molecule has 5 rings (SSSR count). The number of hydrogen-bond acceptors (Lipinski definition) is 8. The van der Waals surface area contributed by atoms with Gasteiger partial charge in [-0.25, -0.2) is 19.5 Å². The molecule has 0 saturated carbocycles. The van der Waals surface area contributed by atoms with Crippen LogP contribution in [0.1, 0.15) is 6.42 Å². The summed E-state index contributed by atoms with van der Waals surface area (Å²) in [5, 5.41) is 11.2. The Bertz CT molecular complexity index is 1690. The minimum Gasteiger partial charge on any atom is -0.456 e. The number of anilines is 3. The number of benzene rings is 2. The summed E-state index contributed by atoms with van der Waals surface area (Å²) in [6.45, 7) is 0.876. The number of nitrogens with one attached hydrogen (secondary N) is 2. The highest BCUT2D eigenvalue weighted by Gasteiger charge is 2.10. The molecule has 3 heterocycles. The van der Waals surface area contributed by atoms with Crippen LogP contribution in [-0.4, -0.2) is 37.1 Å². The maximum atomic E-state index is 12.2. The lowest BCUT2D eigenvalue weighted by Gasteiger charge is -2.12. The van der Waals surface area contributed by atoms with Gasteiger partial charge in [0.2, 0.25) is 0 Å². The predicted octanol–water partition coefficient (Wildman–Crippen LogP) is 6.15. The number of nitrogens with zero attached hydrogens (tertiary/aromatic N) is 5. The molecule has 0 aliphatic rings. The van der Waals surface area contributed by atoms with E-state index in [0.29, 0.717) is 69.7 Å². The number of ether oxygens (including phenoxy) is 1. The lowest BCUT2D eigenvalue weighted by Crippen LogP contribution is -2.08. The van der Waals surface area contributed by atoms with E-state index in [9.17, 15) is 4.79 Å². The Labute approximate surface area is 236 Å². The van der Waals surface area contributed by atoms with E-state index in [4.69, 9.17) is 20.9 Å². The molecule has 0 fully saturated rings. The van der Waals surface area contributed by atoms with Crippen LogP contribution in [0.4, 0.5) is 17.2 Å². The molecule has 1 unspecified atom stereocenters. The molecule has 0 radical (unpaired) electrons. The minimum absolute atomic E-state index is 0.376. The van der Waals surface area contributed by atoms with Crippen molar-refractivity contribution in [1.82, 2.24) is 24.6 Å². The van der Waals surface area contributed by atoms with Gasteiger partial charge in [-0.2, -0.15) is 5.10 Å². The van der Waals surface area contributed by atoms with Gasteiger partial charge in [-0.3, -0.25) is 4.79 Å². The smallest absolute Gasteiger partial charge is 0.300 e. The topological polar surface area (TPSA) is 116 Å². The molecule has 0 aliphatic carbocycles. The minimum atomic E-state index is -0.404. The van der Waals surface area contributed by atoms with Crippen LogP contribution in [0.5, 0.6) is 11.5 Å². The third-order valence-electron chi connectivity index (χ3n) is 5.15. The molecule has 1 atom stereocenters. The fourth-order valence-corrected chi connectivity index (χ4v) is 4.52. The number of amides is 1. The zero-order chi connectivity index (χ0) is 26.3. The number of carbonyl (C=O) groups is 1. The molecular formula is C25H18ClIN7O3P. The summed E-state index contributed by atoms with van der Waals surface area (Å²) >= 11 is 8.65. The molecule has 38 heavy (non-hydrogen) atoms. The maximum Gasteiger partial charge on any atom is 0.300 e. The summed E-state index contributed by atoms with van der Waals surface area (Å²) in [6, 6.07) is 14.2. The van der Waals surface area contributed by atoms with Crippen LogP contribution in [0.25, 0.3) is 16.6 Å². The zero-order valence-corrected chi connectivity index (χ0v) is 23.4. The first-order chi connectivity index (χ1) is 18.6. The summed E-state index contributed by atoms with van der Waals surface area (Å²) < 4.78 is 12.8. The third-order valence-corrected chi connectivity index (χ3v) is 6.70. The van der Waals surface area contributed by atoms with E-state index in [1.807, 2.05) is 6.07 Å². The highest BCUT2D eigenvalue weighted by Crippen LogP contribution is 2.34. The molecule has 2 N–H and O–H groups in total. The molecule has 13 heteroatoms. The molecule has 0 saturated heterocycles. The molecule has 0 spiro atoms. The van der Waals surface area contributed by atoms with Gasteiger partial charge in [0.15, 0.2) is 5.65 Å². The SMILES string of the molecule is O=C(C#CCCOPI)Nc1ccc2ncnc(Nc3ccc(Oc4ccn5ncnc5c4)c(Cl)c3)c2c1. The largest absolute Gasteiger partial charge is 0.456 e. The lowest BCUT2D eigenvalue weighted by atomic mass is 10.2. The third kappa shape index (κ3) is 6.46. The van der Waals surface area contributed by atoms with Crippen LogP contribution in [0.15, 0.2) is 67.4 Å². The van der Waals surface area contributed by atoms with Crippen molar-refractivity contribution < 1.29 is 14.1 Å². The van der Waals surface area contributed by atoms with Crippen molar-refractivity contribution in [1.29, 1.82) is 0 Å². The van der Waals surface area contributed by atoms with Gasteiger partial charge in [-0.05, 0) is 70.4 Å². The molecule has 190 valence electrons. The standard InChI is InChI=1S/C25H18ClIN7O3P/c26-20-12-17(5-7-22(20)37-18-8-9-34-23(13-18)29-15-31-34)33-25-19-11-16(4-6-21(19)28-14-30-25)32-24(35)3-1-2-10-36-38-27/h4-9,11-15,38H,2,10H2,(H,32,35)(H,28,30,33). The van der Waals surface area contributed by atoms with E-state index in [0.717, 1.165) is 0 Å². The van der Waals surface area contributed by atoms with Crippen LogP contribution in [-0.2, 0) is 9.32 Å². The van der Waals surface area contributed by atoms with Gasteiger partial charge in [0, 0.05) is 35.4 Å². The van der Waals surface area contributed by atoms with E-state index >= 15 is 0 Å². The number of pyridine rings is 1. The van der Waals surface area contributed by atoms with Crippen molar-refractivity contribution in [3.8, 4) is 23.3 Å². The van der Waals surface area contributed by atoms with Gasteiger partial charge >= 0.3 is 0 Å². The van der Waals surface area contributed by atoms with Gasteiger partial charge in [0.1, 0.15) is 30.0 Å². The van der Waals surface area contributed by atoms with E-state index < -0.39 is 5.91 Å². The molecule has 10 nitrogen and oxygen atoms in total. The van der Waals surface area contributed by atoms with Gasteiger partial charge in [-0.15, -0.1) is 0 Å². The maximum absolute atomic E-state index is 12.2. The Balaban J connectivity index is 1.31. The Morgan fingerprint density at radius 1 is 1.08 bits per heavy atom. The van der Waals surface area contributed by atoms with Crippen LogP contribution in [0.3, 0.4) is 0 Å². The van der Waals surface area contributed by atoms with Crippen molar-refractivity contribution in [3.05, 3.63) is 72.4 Å². The fraction of sp³-hybridized carbons (Fsp3) is 0.0800. The highest BCUT2D eigenvalue weighted by atomic mass is 127. The molecular weight excluding hydrogens is 640 g/mol. The van der Waals surface area contributed by atoms with Crippen molar-refractivity contribution in [3.63, 3.8) is 0 Å². The molecule has 2 aromatic carbocycles. The Kier molecular flexibility index (Phi) is 8.45. The second-order valence-electron chi connectivity index (χ2n) is 7.68. The van der Waals surface area contributed by atoms with Crippen molar-refractivity contribution in [2.24, 2.45) is 0 Å². The molecule has 0 aliphatic heterocycles. The second kappa shape index (κ2) is 12.3. The van der Waals surface area contributed by atoms with Crippen molar-refractivity contribution >= 4 is 79.7 Å². The van der Waals surface area contributed by atoms with Crippen molar-refractivity contribution in [2.75, 3.05) is 17.2 Å². The normalized spacial score (nSPS) is 11.0. The number of aromatic nitrogens is 5. The first kappa shape index (κ1) is 26.1. The molecule has 5 aromatic rings. The molecule has 1 amide bonds. The molecule has 3 aromatic heterocycles.